The molecule has 0 bridgehead atoms. The zero-order valence-corrected chi connectivity index (χ0v) is 13.7. The number of hydrogen-bond acceptors (Lipinski definition) is 4. The minimum atomic E-state index is -0.490. The molecular formula is C16H15ClF2N4O. The van der Waals surface area contributed by atoms with Gasteiger partial charge in [-0.05, 0) is 25.1 Å². The fourth-order valence-electron chi connectivity index (χ4n) is 2.62. The van der Waals surface area contributed by atoms with Crippen molar-refractivity contribution in [2.75, 3.05) is 31.1 Å². The number of halogens is 3. The number of amides is 1. The molecule has 0 atom stereocenters. The van der Waals surface area contributed by atoms with Gasteiger partial charge in [0.25, 0.3) is 5.91 Å². The number of piperazine rings is 1. The van der Waals surface area contributed by atoms with Crippen molar-refractivity contribution in [3.8, 4) is 0 Å². The highest BCUT2D eigenvalue weighted by atomic mass is 35.5. The first-order valence-electron chi connectivity index (χ1n) is 7.43. The van der Waals surface area contributed by atoms with Crippen LogP contribution in [0.3, 0.4) is 0 Å². The van der Waals surface area contributed by atoms with Crippen LogP contribution in [-0.4, -0.2) is 47.0 Å². The molecule has 2 aromatic rings. The summed E-state index contributed by atoms with van der Waals surface area (Å²) in [4.78, 5) is 23.7. The lowest BCUT2D eigenvalue weighted by Gasteiger charge is -2.35. The molecule has 0 spiro atoms. The minimum absolute atomic E-state index is 0.0832. The number of nitrogens with zero attached hydrogens (tertiary/aromatic N) is 4. The van der Waals surface area contributed by atoms with Crippen LogP contribution >= 0.6 is 11.6 Å². The van der Waals surface area contributed by atoms with Crippen LogP contribution in [0.1, 0.15) is 16.1 Å². The standard InChI is InChI=1S/C16H15ClF2N4O/c1-10-14(19)15(21-9-20-10)22-4-6-23(7-5-22)16(24)12-3-2-11(18)8-13(12)17/h2-3,8-9H,4-7H2,1H3. The molecule has 0 radical (unpaired) electrons. The first-order chi connectivity index (χ1) is 11.5. The Labute approximate surface area is 142 Å². The van der Waals surface area contributed by atoms with Gasteiger partial charge in [-0.3, -0.25) is 4.79 Å². The van der Waals surface area contributed by atoms with E-state index in [1.807, 2.05) is 0 Å². The molecule has 0 aliphatic carbocycles. The van der Waals surface area contributed by atoms with E-state index in [4.69, 9.17) is 11.6 Å². The van der Waals surface area contributed by atoms with Gasteiger partial charge in [0.05, 0.1) is 16.3 Å². The van der Waals surface area contributed by atoms with Crippen LogP contribution in [0.2, 0.25) is 5.02 Å². The summed E-state index contributed by atoms with van der Waals surface area (Å²) in [5, 5.41) is 0.0832. The maximum atomic E-state index is 14.1. The molecule has 3 rings (SSSR count). The molecule has 1 amide bonds. The van der Waals surface area contributed by atoms with Crippen LogP contribution in [0.4, 0.5) is 14.6 Å². The third-order valence-electron chi connectivity index (χ3n) is 3.97. The smallest absolute Gasteiger partial charge is 0.255 e. The summed E-state index contributed by atoms with van der Waals surface area (Å²) in [6.07, 6.45) is 1.32. The number of carbonyl (C=O) groups is 1. The molecule has 1 fully saturated rings. The van der Waals surface area contributed by atoms with Crippen LogP contribution in [0.25, 0.3) is 0 Å². The van der Waals surface area contributed by atoms with Crippen molar-refractivity contribution in [3.05, 3.63) is 52.4 Å². The van der Waals surface area contributed by atoms with Crippen LogP contribution in [0.5, 0.6) is 0 Å². The molecule has 5 nitrogen and oxygen atoms in total. The van der Waals surface area contributed by atoms with E-state index in [0.717, 1.165) is 6.07 Å². The summed E-state index contributed by atoms with van der Waals surface area (Å²) in [6, 6.07) is 3.69. The maximum absolute atomic E-state index is 14.1. The third kappa shape index (κ3) is 3.17. The van der Waals surface area contributed by atoms with Crippen molar-refractivity contribution in [2.24, 2.45) is 0 Å². The Morgan fingerprint density at radius 1 is 1.17 bits per heavy atom. The lowest BCUT2D eigenvalue weighted by Crippen LogP contribution is -2.49. The van der Waals surface area contributed by atoms with E-state index in [-0.39, 0.29) is 28.0 Å². The Bertz CT molecular complexity index is 779. The molecule has 126 valence electrons. The van der Waals surface area contributed by atoms with Crippen molar-refractivity contribution < 1.29 is 13.6 Å². The fourth-order valence-corrected chi connectivity index (χ4v) is 2.87. The van der Waals surface area contributed by atoms with Gasteiger partial charge in [-0.15, -0.1) is 0 Å². The van der Waals surface area contributed by atoms with Crippen molar-refractivity contribution in [1.82, 2.24) is 14.9 Å². The van der Waals surface area contributed by atoms with Crippen LogP contribution in [-0.2, 0) is 0 Å². The molecule has 1 aromatic carbocycles. The molecule has 0 unspecified atom stereocenters. The zero-order chi connectivity index (χ0) is 17.3. The molecule has 1 aliphatic heterocycles. The normalized spacial score (nSPS) is 14.8. The van der Waals surface area contributed by atoms with Crippen molar-refractivity contribution >= 4 is 23.3 Å². The summed E-state index contributed by atoms with van der Waals surface area (Å²) >= 11 is 5.94. The van der Waals surface area contributed by atoms with E-state index >= 15 is 0 Å². The van der Waals surface area contributed by atoms with Crippen molar-refractivity contribution in [3.63, 3.8) is 0 Å². The first kappa shape index (κ1) is 16.6. The van der Waals surface area contributed by atoms with Gasteiger partial charge in [0.1, 0.15) is 12.1 Å². The highest BCUT2D eigenvalue weighted by Gasteiger charge is 2.26. The molecule has 2 heterocycles. The number of rotatable bonds is 2. The van der Waals surface area contributed by atoms with Gasteiger partial charge in [0.2, 0.25) is 0 Å². The number of carbonyl (C=O) groups excluding carboxylic acids is 1. The summed E-state index contributed by atoms with van der Waals surface area (Å²) < 4.78 is 27.2. The molecule has 0 N–H and O–H groups in total. The fraction of sp³-hybridized carbons (Fsp3) is 0.312. The van der Waals surface area contributed by atoms with Crippen molar-refractivity contribution in [1.29, 1.82) is 0 Å². The van der Waals surface area contributed by atoms with Gasteiger partial charge < -0.3 is 9.80 Å². The largest absolute Gasteiger partial charge is 0.351 e. The van der Waals surface area contributed by atoms with Gasteiger partial charge >= 0.3 is 0 Å². The molecule has 1 aliphatic rings. The third-order valence-corrected chi connectivity index (χ3v) is 4.29. The number of aromatic nitrogens is 2. The quantitative estimate of drug-likeness (QED) is 0.834. The van der Waals surface area contributed by atoms with Gasteiger partial charge in [0.15, 0.2) is 11.6 Å². The Hall–Kier alpha value is -2.28. The molecular weight excluding hydrogens is 338 g/mol. The molecule has 24 heavy (non-hydrogen) atoms. The Kier molecular flexibility index (Phi) is 4.62. The molecule has 8 heteroatoms. The first-order valence-corrected chi connectivity index (χ1v) is 7.81. The van der Waals surface area contributed by atoms with E-state index in [9.17, 15) is 13.6 Å². The van der Waals surface area contributed by atoms with Gasteiger partial charge in [0, 0.05) is 26.2 Å². The SMILES string of the molecule is Cc1ncnc(N2CCN(C(=O)c3ccc(F)cc3Cl)CC2)c1F. The van der Waals surface area contributed by atoms with Crippen LogP contribution in [0.15, 0.2) is 24.5 Å². The Balaban J connectivity index is 1.71. The van der Waals surface area contributed by atoms with Crippen LogP contribution < -0.4 is 4.90 Å². The monoisotopic (exact) mass is 352 g/mol. The van der Waals surface area contributed by atoms with Gasteiger partial charge in [-0.1, -0.05) is 11.6 Å². The summed E-state index contributed by atoms with van der Waals surface area (Å²) in [5.74, 6) is -0.955. The number of hydrogen-bond donors (Lipinski definition) is 0. The van der Waals surface area contributed by atoms with Crippen molar-refractivity contribution in [2.45, 2.75) is 6.92 Å². The lowest BCUT2D eigenvalue weighted by molar-refractivity contribution is 0.0746. The maximum Gasteiger partial charge on any atom is 0.255 e. The van der Waals surface area contributed by atoms with Crippen LogP contribution in [0, 0.1) is 18.6 Å². The lowest BCUT2D eigenvalue weighted by atomic mass is 10.1. The van der Waals surface area contributed by atoms with Gasteiger partial charge in [-0.25, -0.2) is 18.7 Å². The van der Waals surface area contributed by atoms with E-state index in [1.54, 1.807) is 16.7 Å². The van der Waals surface area contributed by atoms with E-state index in [0.29, 0.717) is 26.2 Å². The van der Waals surface area contributed by atoms with Gasteiger partial charge in [-0.2, -0.15) is 0 Å². The average Bonchev–Trinajstić information content (AvgIpc) is 2.57. The summed E-state index contributed by atoms with van der Waals surface area (Å²) in [7, 11) is 0. The molecule has 1 saturated heterocycles. The number of anilines is 1. The van der Waals surface area contributed by atoms with E-state index < -0.39 is 11.6 Å². The summed E-state index contributed by atoms with van der Waals surface area (Å²) in [5.41, 5.74) is 0.548. The Morgan fingerprint density at radius 3 is 2.54 bits per heavy atom. The average molecular weight is 353 g/mol. The topological polar surface area (TPSA) is 49.3 Å². The van der Waals surface area contributed by atoms with E-state index in [2.05, 4.69) is 9.97 Å². The zero-order valence-electron chi connectivity index (χ0n) is 13.0. The highest BCUT2D eigenvalue weighted by molar-refractivity contribution is 6.33. The number of benzene rings is 1. The second-order valence-corrected chi connectivity index (χ2v) is 5.91. The second-order valence-electron chi connectivity index (χ2n) is 5.50. The highest BCUT2D eigenvalue weighted by Crippen LogP contribution is 2.22. The van der Waals surface area contributed by atoms with E-state index in [1.165, 1.54) is 18.5 Å². The molecule has 1 aromatic heterocycles. The summed E-state index contributed by atoms with van der Waals surface area (Å²) in [6.45, 7) is 3.26. The Morgan fingerprint density at radius 2 is 1.88 bits per heavy atom. The predicted molar refractivity (Wildman–Crippen MR) is 86.3 cm³/mol. The second kappa shape index (κ2) is 6.68. The predicted octanol–water partition coefficient (Wildman–Crippen LogP) is 2.68. The minimum Gasteiger partial charge on any atom is -0.351 e. The number of aryl methyl sites for hydroxylation is 1. The molecule has 0 saturated carbocycles.